The molecule has 0 bridgehead atoms. The van der Waals surface area contributed by atoms with Gasteiger partial charge in [-0.25, -0.2) is 0 Å². The maximum atomic E-state index is 13.0. The molecule has 3 heteroatoms. The van der Waals surface area contributed by atoms with Crippen molar-refractivity contribution in [2.75, 3.05) is 6.54 Å². The lowest BCUT2D eigenvalue weighted by atomic mass is 10.1. The largest absolute Gasteiger partial charge is 0.345 e. The van der Waals surface area contributed by atoms with Crippen molar-refractivity contribution in [1.29, 1.82) is 0 Å². The summed E-state index contributed by atoms with van der Waals surface area (Å²) in [6, 6.07) is 22.6. The Balaban J connectivity index is 1.76. The zero-order chi connectivity index (χ0) is 19.1. The number of benzene rings is 2. The number of amides is 1. The molecule has 0 saturated heterocycles. The van der Waals surface area contributed by atoms with E-state index < -0.39 is 0 Å². The molecule has 0 N–H and O–H groups in total. The SMILES string of the molecule is CCCN(Cc1cccn1Cc1ccccc1)C(=O)c1ccc(CC)cc1. The number of aromatic nitrogens is 1. The second kappa shape index (κ2) is 9.22. The summed E-state index contributed by atoms with van der Waals surface area (Å²) in [4.78, 5) is 15.0. The summed E-state index contributed by atoms with van der Waals surface area (Å²) in [6.07, 6.45) is 4.02. The van der Waals surface area contributed by atoms with Gasteiger partial charge in [0.1, 0.15) is 0 Å². The average Bonchev–Trinajstić information content (AvgIpc) is 3.14. The van der Waals surface area contributed by atoms with E-state index in [0.29, 0.717) is 6.54 Å². The lowest BCUT2D eigenvalue weighted by Gasteiger charge is -2.23. The maximum Gasteiger partial charge on any atom is 0.254 e. The minimum atomic E-state index is 0.104. The normalized spacial score (nSPS) is 10.7. The first kappa shape index (κ1) is 19.0. The number of hydrogen-bond acceptors (Lipinski definition) is 1. The third kappa shape index (κ3) is 4.88. The topological polar surface area (TPSA) is 25.2 Å². The molecule has 3 nitrogen and oxygen atoms in total. The number of aryl methyl sites for hydroxylation is 1. The van der Waals surface area contributed by atoms with Crippen molar-refractivity contribution in [2.24, 2.45) is 0 Å². The highest BCUT2D eigenvalue weighted by atomic mass is 16.2. The van der Waals surface area contributed by atoms with Crippen LogP contribution in [0.5, 0.6) is 0 Å². The summed E-state index contributed by atoms with van der Waals surface area (Å²) in [7, 11) is 0. The minimum Gasteiger partial charge on any atom is -0.345 e. The van der Waals surface area contributed by atoms with Crippen LogP contribution in [0, 0.1) is 0 Å². The Bertz CT molecular complexity index is 850. The highest BCUT2D eigenvalue weighted by Crippen LogP contribution is 2.14. The van der Waals surface area contributed by atoms with Crippen molar-refractivity contribution < 1.29 is 4.79 Å². The van der Waals surface area contributed by atoms with Gasteiger partial charge in [0.15, 0.2) is 0 Å². The molecule has 0 saturated carbocycles. The Morgan fingerprint density at radius 1 is 0.889 bits per heavy atom. The van der Waals surface area contributed by atoms with Gasteiger partial charge in [0.2, 0.25) is 0 Å². The molecule has 1 heterocycles. The molecule has 1 aromatic heterocycles. The van der Waals surface area contributed by atoms with Crippen molar-refractivity contribution in [1.82, 2.24) is 9.47 Å². The molecular formula is C24H28N2O. The summed E-state index contributed by atoms with van der Waals surface area (Å²) in [5, 5.41) is 0. The van der Waals surface area contributed by atoms with Crippen LogP contribution >= 0.6 is 0 Å². The van der Waals surface area contributed by atoms with Crippen LogP contribution in [-0.4, -0.2) is 21.9 Å². The Morgan fingerprint density at radius 3 is 2.30 bits per heavy atom. The van der Waals surface area contributed by atoms with Gasteiger partial charge in [-0.05, 0) is 48.2 Å². The zero-order valence-electron chi connectivity index (χ0n) is 16.3. The monoisotopic (exact) mass is 360 g/mol. The molecule has 1 amide bonds. The molecule has 0 aliphatic carbocycles. The van der Waals surface area contributed by atoms with E-state index in [2.05, 4.69) is 73.1 Å². The number of nitrogens with zero attached hydrogens (tertiary/aromatic N) is 2. The van der Waals surface area contributed by atoms with Crippen LogP contribution in [0.2, 0.25) is 0 Å². The lowest BCUT2D eigenvalue weighted by Crippen LogP contribution is -2.32. The van der Waals surface area contributed by atoms with E-state index in [-0.39, 0.29) is 5.91 Å². The van der Waals surface area contributed by atoms with E-state index in [0.717, 1.165) is 37.2 Å². The van der Waals surface area contributed by atoms with Crippen molar-refractivity contribution in [3.05, 3.63) is 95.3 Å². The molecule has 0 atom stereocenters. The minimum absolute atomic E-state index is 0.104. The molecule has 0 aliphatic heterocycles. The van der Waals surface area contributed by atoms with Gasteiger partial charge in [-0.1, -0.05) is 56.3 Å². The van der Waals surface area contributed by atoms with Gasteiger partial charge in [0.25, 0.3) is 5.91 Å². The second-order valence-corrected chi connectivity index (χ2v) is 6.89. The fourth-order valence-corrected chi connectivity index (χ4v) is 3.31. The van der Waals surface area contributed by atoms with Crippen LogP contribution in [0.4, 0.5) is 0 Å². The molecule has 3 rings (SSSR count). The van der Waals surface area contributed by atoms with Crippen molar-refractivity contribution >= 4 is 5.91 Å². The Hall–Kier alpha value is -2.81. The Labute approximate surface area is 162 Å². The van der Waals surface area contributed by atoms with Crippen molar-refractivity contribution in [2.45, 2.75) is 39.8 Å². The lowest BCUT2D eigenvalue weighted by molar-refractivity contribution is 0.0739. The fraction of sp³-hybridized carbons (Fsp3) is 0.292. The second-order valence-electron chi connectivity index (χ2n) is 6.89. The van der Waals surface area contributed by atoms with Gasteiger partial charge in [-0.3, -0.25) is 4.79 Å². The molecule has 3 aromatic rings. The van der Waals surface area contributed by atoms with E-state index in [1.165, 1.54) is 11.1 Å². The number of rotatable bonds is 8. The molecule has 0 spiro atoms. The van der Waals surface area contributed by atoms with Gasteiger partial charge < -0.3 is 9.47 Å². The van der Waals surface area contributed by atoms with Gasteiger partial charge in [0.05, 0.1) is 6.54 Å². The number of carbonyl (C=O) groups excluding carboxylic acids is 1. The van der Waals surface area contributed by atoms with Crippen LogP contribution in [-0.2, 0) is 19.5 Å². The van der Waals surface area contributed by atoms with E-state index in [1.54, 1.807) is 0 Å². The summed E-state index contributed by atoms with van der Waals surface area (Å²) >= 11 is 0. The van der Waals surface area contributed by atoms with Crippen LogP contribution in [0.3, 0.4) is 0 Å². The maximum absolute atomic E-state index is 13.0. The molecule has 0 aliphatic rings. The van der Waals surface area contributed by atoms with E-state index >= 15 is 0 Å². The van der Waals surface area contributed by atoms with Crippen LogP contribution in [0.25, 0.3) is 0 Å². The third-order valence-electron chi connectivity index (χ3n) is 4.86. The number of hydrogen-bond donors (Lipinski definition) is 0. The number of carbonyl (C=O) groups is 1. The zero-order valence-corrected chi connectivity index (χ0v) is 16.3. The molecule has 0 unspecified atom stereocenters. The Kier molecular flexibility index (Phi) is 6.48. The molecule has 2 aromatic carbocycles. The van der Waals surface area contributed by atoms with E-state index in [4.69, 9.17) is 0 Å². The van der Waals surface area contributed by atoms with E-state index in [1.807, 2.05) is 23.1 Å². The smallest absolute Gasteiger partial charge is 0.254 e. The first-order valence-corrected chi connectivity index (χ1v) is 9.77. The van der Waals surface area contributed by atoms with Crippen molar-refractivity contribution in [3.8, 4) is 0 Å². The van der Waals surface area contributed by atoms with Gasteiger partial charge in [-0.2, -0.15) is 0 Å². The van der Waals surface area contributed by atoms with Gasteiger partial charge in [0, 0.05) is 30.5 Å². The highest BCUT2D eigenvalue weighted by molar-refractivity contribution is 5.94. The van der Waals surface area contributed by atoms with Crippen molar-refractivity contribution in [3.63, 3.8) is 0 Å². The summed E-state index contributed by atoms with van der Waals surface area (Å²) < 4.78 is 2.23. The first-order valence-electron chi connectivity index (χ1n) is 9.77. The fourth-order valence-electron chi connectivity index (χ4n) is 3.31. The molecular weight excluding hydrogens is 332 g/mol. The molecule has 0 fully saturated rings. The summed E-state index contributed by atoms with van der Waals surface area (Å²) in [5.74, 6) is 0.104. The van der Waals surface area contributed by atoms with Gasteiger partial charge in [-0.15, -0.1) is 0 Å². The molecule has 140 valence electrons. The predicted molar refractivity (Wildman–Crippen MR) is 111 cm³/mol. The standard InChI is InChI=1S/C24H28N2O/c1-3-16-26(24(27)22-14-12-20(4-2)13-15-22)19-23-11-8-17-25(23)18-21-9-6-5-7-10-21/h5-15,17H,3-4,16,18-19H2,1-2H3. The first-order chi connectivity index (χ1) is 13.2. The Morgan fingerprint density at radius 2 is 1.63 bits per heavy atom. The summed E-state index contributed by atoms with van der Waals surface area (Å²) in [5.41, 5.74) is 4.44. The molecule has 0 radical (unpaired) electrons. The quantitative estimate of drug-likeness (QED) is 0.545. The average molecular weight is 361 g/mol. The van der Waals surface area contributed by atoms with Crippen LogP contribution < -0.4 is 0 Å². The molecule has 27 heavy (non-hydrogen) atoms. The van der Waals surface area contributed by atoms with Crippen LogP contribution in [0.1, 0.15) is 47.4 Å². The predicted octanol–water partition coefficient (Wildman–Crippen LogP) is 5.15. The third-order valence-corrected chi connectivity index (χ3v) is 4.86. The summed E-state index contributed by atoms with van der Waals surface area (Å²) in [6.45, 7) is 6.44. The van der Waals surface area contributed by atoms with Crippen LogP contribution in [0.15, 0.2) is 72.9 Å². The van der Waals surface area contributed by atoms with E-state index in [9.17, 15) is 4.79 Å². The highest BCUT2D eigenvalue weighted by Gasteiger charge is 2.17. The van der Waals surface area contributed by atoms with Gasteiger partial charge >= 0.3 is 0 Å².